The Hall–Kier alpha value is -4.58. The second-order valence-corrected chi connectivity index (χ2v) is 11.2. The Balaban J connectivity index is 1.43. The molecular weight excluding hydrogens is 524 g/mol. The fourth-order valence-electron chi connectivity index (χ4n) is 7.03. The molecule has 0 saturated carbocycles. The Morgan fingerprint density at radius 3 is 1.24 bits per heavy atom. The topological polar surface area (TPSA) is 59.1 Å². The lowest BCUT2D eigenvalue weighted by Gasteiger charge is -2.44. The van der Waals surface area contributed by atoms with Gasteiger partial charge in [0.15, 0.2) is 0 Å². The predicted octanol–water partition coefficient (Wildman–Crippen LogP) is 5.74. The van der Waals surface area contributed by atoms with Crippen LogP contribution in [0.25, 0.3) is 0 Å². The Kier molecular flexibility index (Phi) is 7.46. The van der Waals surface area contributed by atoms with Gasteiger partial charge in [0, 0.05) is 26.2 Å². The van der Waals surface area contributed by atoms with E-state index in [4.69, 9.17) is 9.47 Å². The zero-order valence-corrected chi connectivity index (χ0v) is 24.2. The van der Waals surface area contributed by atoms with Gasteiger partial charge in [-0.3, -0.25) is 9.59 Å². The predicted molar refractivity (Wildman–Crippen MR) is 162 cm³/mol. The van der Waals surface area contributed by atoms with Crippen LogP contribution in [0.2, 0.25) is 0 Å². The molecule has 0 aromatic heterocycles. The van der Waals surface area contributed by atoms with Crippen molar-refractivity contribution in [3.8, 4) is 11.5 Å². The number of methoxy groups -OCH3 is 2. The second-order valence-electron chi connectivity index (χ2n) is 11.2. The molecule has 6 nitrogen and oxygen atoms in total. The van der Waals surface area contributed by atoms with Gasteiger partial charge in [-0.05, 0) is 59.4 Å². The molecule has 0 radical (unpaired) electrons. The summed E-state index contributed by atoms with van der Waals surface area (Å²) in [5.41, 5.74) is 1.79. The number of rotatable bonds is 9. The Morgan fingerprint density at radius 2 is 0.905 bits per heavy atom. The lowest BCUT2D eigenvalue weighted by atomic mass is 9.55. The van der Waals surface area contributed by atoms with Crippen molar-refractivity contribution in [1.29, 1.82) is 0 Å². The molecule has 2 amide bonds. The number of carbonyl (C=O) groups excluding carboxylic acids is 2. The van der Waals surface area contributed by atoms with Gasteiger partial charge >= 0.3 is 0 Å². The first-order valence-corrected chi connectivity index (χ1v) is 14.5. The van der Waals surface area contributed by atoms with Crippen molar-refractivity contribution in [3.63, 3.8) is 0 Å². The van der Waals surface area contributed by atoms with E-state index in [9.17, 15) is 9.59 Å². The van der Waals surface area contributed by atoms with E-state index in [0.29, 0.717) is 39.0 Å². The van der Waals surface area contributed by atoms with Crippen LogP contribution in [-0.2, 0) is 33.5 Å². The summed E-state index contributed by atoms with van der Waals surface area (Å²) in [6.45, 7) is 2.10. The highest BCUT2D eigenvalue weighted by Crippen LogP contribution is 2.56. The molecule has 0 aliphatic carbocycles. The molecule has 42 heavy (non-hydrogen) atoms. The third-order valence-corrected chi connectivity index (χ3v) is 9.14. The van der Waals surface area contributed by atoms with E-state index >= 15 is 0 Å². The lowest BCUT2D eigenvalue weighted by Crippen LogP contribution is -2.58. The molecular formula is C36H36N2O4. The number of hydrogen-bond donors (Lipinski definition) is 0. The van der Waals surface area contributed by atoms with Gasteiger partial charge in [0.05, 0.1) is 25.0 Å². The van der Waals surface area contributed by atoms with Gasteiger partial charge in [-0.2, -0.15) is 0 Å². The Bertz CT molecular complexity index is 1420. The van der Waals surface area contributed by atoms with Gasteiger partial charge < -0.3 is 19.3 Å². The van der Waals surface area contributed by atoms with E-state index in [1.54, 1.807) is 14.2 Å². The molecule has 6 heteroatoms. The molecule has 2 atom stereocenters. The lowest BCUT2D eigenvalue weighted by molar-refractivity contribution is -0.144. The van der Waals surface area contributed by atoms with Gasteiger partial charge in [0.25, 0.3) is 0 Å². The van der Waals surface area contributed by atoms with Crippen LogP contribution in [0.1, 0.15) is 35.1 Å². The van der Waals surface area contributed by atoms with Crippen LogP contribution in [0, 0.1) is 0 Å². The number of hydrogen-bond acceptors (Lipinski definition) is 4. The summed E-state index contributed by atoms with van der Waals surface area (Å²) < 4.78 is 10.7. The zero-order valence-electron chi connectivity index (χ0n) is 24.2. The van der Waals surface area contributed by atoms with Crippen molar-refractivity contribution in [3.05, 3.63) is 131 Å². The third-order valence-electron chi connectivity index (χ3n) is 9.14. The van der Waals surface area contributed by atoms with Crippen LogP contribution < -0.4 is 9.47 Å². The molecule has 6 rings (SSSR count). The van der Waals surface area contributed by atoms with Crippen LogP contribution in [0.5, 0.6) is 11.5 Å². The van der Waals surface area contributed by atoms with Crippen LogP contribution in [0.15, 0.2) is 109 Å². The monoisotopic (exact) mass is 560 g/mol. The number of nitrogens with zero attached hydrogens (tertiary/aromatic N) is 2. The van der Waals surface area contributed by atoms with Crippen molar-refractivity contribution in [2.75, 3.05) is 27.3 Å². The maximum atomic E-state index is 14.9. The van der Waals surface area contributed by atoms with Crippen molar-refractivity contribution in [2.24, 2.45) is 0 Å². The second kappa shape index (κ2) is 11.4. The standard InChI is InChI=1S/C36H36N2O4/c1-41-31-17-13-27(14-18-31)25-37-23-21-35(33(37)39,29-9-5-3-6-10-29)36(30-11-7-4-8-12-30)22-24-38(34(36)40)26-28-15-19-32(42-2)20-16-28/h3-20H,21-26H2,1-2H3/t35-,36+. The summed E-state index contributed by atoms with van der Waals surface area (Å²) >= 11 is 0. The van der Waals surface area contributed by atoms with Gasteiger partial charge in [0.1, 0.15) is 11.5 Å². The van der Waals surface area contributed by atoms with E-state index in [-0.39, 0.29) is 11.8 Å². The quantitative estimate of drug-likeness (QED) is 0.262. The zero-order chi connectivity index (χ0) is 29.2. The molecule has 4 aromatic rings. The van der Waals surface area contributed by atoms with Crippen molar-refractivity contribution >= 4 is 11.8 Å². The van der Waals surface area contributed by atoms with Crippen LogP contribution in [0.3, 0.4) is 0 Å². The van der Waals surface area contributed by atoms with E-state index in [0.717, 1.165) is 33.8 Å². The fraction of sp³-hybridized carbons (Fsp3) is 0.278. The smallest absolute Gasteiger partial charge is 0.235 e. The molecule has 4 aromatic carbocycles. The summed E-state index contributed by atoms with van der Waals surface area (Å²) in [6.07, 6.45) is 1.12. The Morgan fingerprint density at radius 1 is 0.548 bits per heavy atom. The molecule has 2 heterocycles. The summed E-state index contributed by atoms with van der Waals surface area (Å²) in [5.74, 6) is 1.57. The van der Waals surface area contributed by atoms with Crippen molar-refractivity contribution in [1.82, 2.24) is 9.80 Å². The van der Waals surface area contributed by atoms with Gasteiger partial charge in [0.2, 0.25) is 11.8 Å². The Labute approximate surface area is 247 Å². The maximum absolute atomic E-state index is 14.9. The minimum Gasteiger partial charge on any atom is -0.497 e. The summed E-state index contributed by atoms with van der Waals surface area (Å²) in [7, 11) is 3.29. The van der Waals surface area contributed by atoms with Gasteiger partial charge in [-0.1, -0.05) is 84.9 Å². The third kappa shape index (κ3) is 4.51. The summed E-state index contributed by atoms with van der Waals surface area (Å²) in [6, 6.07) is 35.6. The number of amides is 2. The molecule has 0 unspecified atom stereocenters. The maximum Gasteiger partial charge on any atom is 0.235 e. The molecule has 0 spiro atoms. The summed E-state index contributed by atoms with van der Waals surface area (Å²) in [4.78, 5) is 33.7. The highest BCUT2D eigenvalue weighted by Gasteiger charge is 2.68. The highest BCUT2D eigenvalue weighted by atomic mass is 16.5. The van der Waals surface area contributed by atoms with E-state index < -0.39 is 10.8 Å². The van der Waals surface area contributed by atoms with Gasteiger partial charge in [-0.25, -0.2) is 0 Å². The molecule has 2 saturated heterocycles. The minimum absolute atomic E-state index is 0.00742. The minimum atomic E-state index is -1.03. The number of ether oxygens (including phenoxy) is 2. The fourth-order valence-corrected chi connectivity index (χ4v) is 7.03. The molecule has 0 N–H and O–H groups in total. The van der Waals surface area contributed by atoms with Crippen LogP contribution in [-0.4, -0.2) is 48.9 Å². The van der Waals surface area contributed by atoms with Gasteiger partial charge in [-0.15, -0.1) is 0 Å². The first kappa shape index (κ1) is 27.6. The average Bonchev–Trinajstić information content (AvgIpc) is 3.55. The van der Waals surface area contributed by atoms with Crippen LogP contribution >= 0.6 is 0 Å². The van der Waals surface area contributed by atoms with E-state index in [1.165, 1.54) is 0 Å². The molecule has 2 fully saturated rings. The average molecular weight is 561 g/mol. The summed E-state index contributed by atoms with van der Waals surface area (Å²) in [5, 5.41) is 0. The van der Waals surface area contributed by atoms with Crippen molar-refractivity contribution < 1.29 is 19.1 Å². The van der Waals surface area contributed by atoms with E-state index in [2.05, 4.69) is 0 Å². The van der Waals surface area contributed by atoms with Crippen LogP contribution in [0.4, 0.5) is 0 Å². The first-order chi connectivity index (χ1) is 20.5. The number of benzene rings is 4. The SMILES string of the molecule is COc1ccc(CN2CC[C@](c3ccccc3)([C@]3(c4ccccc4)CCN(Cc4ccc(OC)cc4)C3=O)C2=O)cc1. The normalized spacial score (nSPS) is 22.0. The largest absolute Gasteiger partial charge is 0.497 e. The number of likely N-dealkylation sites (tertiary alicyclic amines) is 2. The molecule has 2 aliphatic rings. The number of carbonyl (C=O) groups is 2. The molecule has 0 bridgehead atoms. The highest BCUT2D eigenvalue weighted by molar-refractivity contribution is 6.03. The molecule has 2 aliphatic heterocycles. The molecule has 214 valence electrons. The first-order valence-electron chi connectivity index (χ1n) is 14.5. The van der Waals surface area contributed by atoms with E-state index in [1.807, 2.05) is 119 Å². The van der Waals surface area contributed by atoms with Crippen molar-refractivity contribution in [2.45, 2.75) is 36.8 Å².